The molecule has 0 spiro atoms. The van der Waals surface area contributed by atoms with Crippen molar-refractivity contribution in [2.45, 2.75) is 49.6 Å². The van der Waals surface area contributed by atoms with Crippen molar-refractivity contribution in [3.05, 3.63) is 0 Å². The molecule has 0 aromatic rings. The molecule has 0 heterocycles. The molecule has 0 aliphatic heterocycles. The van der Waals surface area contributed by atoms with Gasteiger partial charge in [-0.3, -0.25) is 4.99 Å². The van der Waals surface area contributed by atoms with E-state index in [2.05, 4.69) is 4.99 Å². The minimum atomic E-state index is -0.0830. The Balaban J connectivity index is 3.28. The third-order valence-corrected chi connectivity index (χ3v) is 5.56. The van der Waals surface area contributed by atoms with Gasteiger partial charge in [0.1, 0.15) is 30.9 Å². The summed E-state index contributed by atoms with van der Waals surface area (Å²) in [7, 11) is 8.08. The first kappa shape index (κ1) is 20.9. The fraction of sp³-hybridized carbons (Fsp3) is 0.929. The van der Waals surface area contributed by atoms with Crippen LogP contribution < -0.4 is 0 Å². The van der Waals surface area contributed by atoms with E-state index in [1.807, 2.05) is 6.21 Å². The summed E-state index contributed by atoms with van der Waals surface area (Å²) in [6.45, 7) is 0.927. The van der Waals surface area contributed by atoms with E-state index in [-0.39, 0.29) is 11.8 Å². The minimum absolute atomic E-state index is 0.0153. The van der Waals surface area contributed by atoms with E-state index >= 15 is 0 Å². The normalized spacial score (nSPS) is 12.1. The summed E-state index contributed by atoms with van der Waals surface area (Å²) in [6.07, 6.45) is 6.91. The molecule has 122 valence electrons. The average Bonchev–Trinajstić information content (AvgIpc) is 2.52. The largest absolute Gasteiger partial charge is 0.360 e. The van der Waals surface area contributed by atoms with Gasteiger partial charge in [-0.2, -0.15) is 0 Å². The van der Waals surface area contributed by atoms with Crippen molar-refractivity contribution in [1.82, 2.24) is 0 Å². The molecule has 0 aromatic carbocycles. The molecule has 21 heavy (non-hydrogen) atoms. The zero-order valence-corrected chi connectivity index (χ0v) is 15.8. The van der Waals surface area contributed by atoms with Crippen LogP contribution in [-0.4, -0.2) is 72.1 Å². The highest BCUT2D eigenvalue weighted by atomic mass is 28.2. The molecule has 0 aliphatic carbocycles. The second-order valence-electron chi connectivity index (χ2n) is 4.47. The summed E-state index contributed by atoms with van der Waals surface area (Å²) in [4.78, 5) is 4.42. The molecule has 0 fully saturated rings. The van der Waals surface area contributed by atoms with Crippen LogP contribution in [0.25, 0.3) is 0 Å². The molecule has 0 saturated heterocycles. The molecular weight excluding hydrogens is 302 g/mol. The van der Waals surface area contributed by atoms with Crippen LogP contribution in [0.5, 0.6) is 0 Å². The average molecular weight is 332 g/mol. The van der Waals surface area contributed by atoms with Crippen molar-refractivity contribution in [3.8, 4) is 0 Å². The van der Waals surface area contributed by atoms with Crippen molar-refractivity contribution in [3.63, 3.8) is 0 Å². The Hall–Kier alpha value is -0.0562. The molecule has 0 bridgehead atoms. The maximum atomic E-state index is 5.17. The summed E-state index contributed by atoms with van der Waals surface area (Å²) in [5, 5.41) is 0. The maximum Gasteiger partial charge on any atom is 0.136 e. The highest BCUT2D eigenvalue weighted by Crippen LogP contribution is 2.05. The van der Waals surface area contributed by atoms with Crippen LogP contribution >= 0.6 is 0 Å². The number of hydrogen-bond acceptors (Lipinski definition) is 5. The topological polar surface area (TPSA) is 49.3 Å². The van der Waals surface area contributed by atoms with Crippen molar-refractivity contribution in [1.29, 1.82) is 0 Å². The van der Waals surface area contributed by atoms with Crippen molar-refractivity contribution >= 4 is 25.3 Å². The quantitative estimate of drug-likeness (QED) is 0.199. The number of aliphatic imine (C=N–C) groups is 1. The molecule has 0 aliphatic rings. The Morgan fingerprint density at radius 2 is 1.38 bits per heavy atom. The molecule has 0 amide bonds. The summed E-state index contributed by atoms with van der Waals surface area (Å²) in [5.41, 5.74) is 0. The van der Waals surface area contributed by atoms with Gasteiger partial charge in [-0.25, -0.2) is 0 Å². The van der Waals surface area contributed by atoms with Crippen LogP contribution in [0.2, 0.25) is 12.1 Å². The Morgan fingerprint density at radius 3 is 2.00 bits per heavy atom. The summed E-state index contributed by atoms with van der Waals surface area (Å²) in [6, 6.07) is 2.12. The number of unbranched alkanes of at least 4 members (excludes halogenated alkanes) is 3. The number of hydrogen-bond donors (Lipinski definition) is 0. The highest BCUT2D eigenvalue weighted by molar-refractivity contribution is 6.40. The van der Waals surface area contributed by atoms with Gasteiger partial charge in [0.2, 0.25) is 0 Å². The molecule has 0 rings (SSSR count). The number of nitrogens with zero attached hydrogens (tertiary/aromatic N) is 1. The molecule has 0 N–H and O–H groups in total. The number of methoxy groups -OCH3 is 4. The number of rotatable bonds is 15. The van der Waals surface area contributed by atoms with E-state index in [1.54, 1.807) is 28.4 Å². The second-order valence-corrected chi connectivity index (χ2v) is 7.14. The van der Waals surface area contributed by atoms with Gasteiger partial charge >= 0.3 is 0 Å². The van der Waals surface area contributed by atoms with Crippen molar-refractivity contribution in [2.75, 3.05) is 35.0 Å². The molecule has 0 saturated carbocycles. The predicted octanol–water partition coefficient (Wildman–Crippen LogP) is 2.02. The zero-order chi connectivity index (χ0) is 15.8. The fourth-order valence-corrected chi connectivity index (χ4v) is 3.52. The van der Waals surface area contributed by atoms with Crippen molar-refractivity contribution < 1.29 is 18.9 Å². The minimum Gasteiger partial charge on any atom is -0.360 e. The lowest BCUT2D eigenvalue weighted by atomic mass is 10.2. The predicted molar refractivity (Wildman–Crippen MR) is 88.6 cm³/mol. The zero-order valence-electron chi connectivity index (χ0n) is 13.8. The molecule has 5 nitrogen and oxygen atoms in total. The number of ether oxygens (including phenoxy) is 4. The smallest absolute Gasteiger partial charge is 0.136 e. The van der Waals surface area contributed by atoms with Crippen LogP contribution in [0.1, 0.15) is 25.7 Å². The third-order valence-electron chi connectivity index (χ3n) is 2.89. The highest BCUT2D eigenvalue weighted by Gasteiger charge is 2.05. The van der Waals surface area contributed by atoms with E-state index in [0.717, 1.165) is 22.1 Å². The first-order chi connectivity index (χ1) is 10.3. The van der Waals surface area contributed by atoms with Crippen LogP contribution in [0, 0.1) is 0 Å². The van der Waals surface area contributed by atoms with Gasteiger partial charge in [0.05, 0.1) is 0 Å². The monoisotopic (exact) mass is 331 g/mol. The van der Waals surface area contributed by atoms with Gasteiger partial charge < -0.3 is 18.9 Å². The van der Waals surface area contributed by atoms with Gasteiger partial charge in [-0.15, -0.1) is 0 Å². The standard InChI is InChI=1S/C14H29NO4Si2/c1-16-13(17-2)20-11-8-6-5-7-9-15-10-12-21-14(18-3)19-4/h10,13-14H,5-9,11-12H2,1-4H3. The fourth-order valence-electron chi connectivity index (χ4n) is 1.73. The molecule has 4 radical (unpaired) electrons. The summed E-state index contributed by atoms with van der Waals surface area (Å²) >= 11 is 0. The van der Waals surface area contributed by atoms with E-state index < -0.39 is 0 Å². The van der Waals surface area contributed by atoms with Crippen LogP contribution in [-0.2, 0) is 18.9 Å². The van der Waals surface area contributed by atoms with Gasteiger partial charge in [0.25, 0.3) is 0 Å². The van der Waals surface area contributed by atoms with E-state index in [4.69, 9.17) is 18.9 Å². The van der Waals surface area contributed by atoms with Crippen molar-refractivity contribution in [2.24, 2.45) is 4.99 Å². The van der Waals surface area contributed by atoms with Crippen LogP contribution in [0.4, 0.5) is 0 Å². The molecule has 0 unspecified atom stereocenters. The van der Waals surface area contributed by atoms with E-state index in [9.17, 15) is 0 Å². The molecule has 0 atom stereocenters. The van der Waals surface area contributed by atoms with Gasteiger partial charge in [0, 0.05) is 35.0 Å². The Bertz CT molecular complexity index is 237. The third kappa shape index (κ3) is 13.3. The van der Waals surface area contributed by atoms with Crippen LogP contribution in [0.3, 0.4) is 0 Å². The molecule has 0 aromatic heterocycles. The van der Waals surface area contributed by atoms with Gasteiger partial charge in [0.15, 0.2) is 0 Å². The molecular formula is C14H29NO4Si2. The Labute approximate surface area is 134 Å². The van der Waals surface area contributed by atoms with Crippen LogP contribution in [0.15, 0.2) is 4.99 Å². The first-order valence-corrected chi connectivity index (χ1v) is 9.91. The lowest BCUT2D eigenvalue weighted by molar-refractivity contribution is -0.0441. The Morgan fingerprint density at radius 1 is 0.810 bits per heavy atom. The SMILES string of the molecule is COC(OC)[Si]CC=NCCCCCC[Si]C(OC)OC. The first-order valence-electron chi connectivity index (χ1n) is 7.34. The van der Waals surface area contributed by atoms with Gasteiger partial charge in [-0.1, -0.05) is 25.3 Å². The summed E-state index contributed by atoms with van der Waals surface area (Å²) in [5.74, 6) is -0.0984. The lowest BCUT2D eigenvalue weighted by Crippen LogP contribution is -2.21. The summed E-state index contributed by atoms with van der Waals surface area (Å²) < 4.78 is 20.6. The van der Waals surface area contributed by atoms with E-state index in [1.165, 1.54) is 31.7 Å². The lowest BCUT2D eigenvalue weighted by Gasteiger charge is -2.11. The second kappa shape index (κ2) is 16.3. The van der Waals surface area contributed by atoms with E-state index in [0.29, 0.717) is 9.52 Å². The van der Waals surface area contributed by atoms with Gasteiger partial charge in [-0.05, 0) is 18.7 Å². The molecule has 7 heteroatoms. The maximum absolute atomic E-state index is 5.17. The Kier molecular flexibility index (Phi) is 16.3.